The van der Waals surface area contributed by atoms with Gasteiger partial charge in [0.2, 0.25) is 11.8 Å². The predicted molar refractivity (Wildman–Crippen MR) is 159 cm³/mol. The van der Waals surface area contributed by atoms with Crippen molar-refractivity contribution in [2.45, 2.75) is 76.9 Å². The molecule has 0 saturated carbocycles. The highest BCUT2D eigenvalue weighted by atomic mass is 16.6. The number of likely N-dealkylation sites (tertiary alicyclic amines) is 1. The predicted octanol–water partition coefficient (Wildman–Crippen LogP) is 2.94. The van der Waals surface area contributed by atoms with E-state index < -0.39 is 41.1 Å². The molecule has 3 fully saturated rings. The van der Waals surface area contributed by atoms with Gasteiger partial charge in [0.15, 0.2) is 0 Å². The second-order valence-electron chi connectivity index (χ2n) is 12.4. The molecule has 43 heavy (non-hydrogen) atoms. The van der Waals surface area contributed by atoms with Gasteiger partial charge in [-0.3, -0.25) is 14.4 Å². The Labute approximate surface area is 252 Å². The highest BCUT2D eigenvalue weighted by molar-refractivity contribution is 5.99. The van der Waals surface area contributed by atoms with Gasteiger partial charge in [0.25, 0.3) is 0 Å². The first-order chi connectivity index (χ1) is 20.6. The Balaban J connectivity index is 1.60. The van der Waals surface area contributed by atoms with Crippen molar-refractivity contribution in [1.82, 2.24) is 24.8 Å². The summed E-state index contributed by atoms with van der Waals surface area (Å²) in [6.07, 6.45) is 4.86. The zero-order valence-corrected chi connectivity index (χ0v) is 25.5. The molecule has 8 atom stereocenters. The Bertz CT molecular complexity index is 1410. The topological polar surface area (TPSA) is 127 Å². The molecule has 3 aliphatic heterocycles. The summed E-state index contributed by atoms with van der Waals surface area (Å²) in [5.41, 5.74) is -0.810. The summed E-state index contributed by atoms with van der Waals surface area (Å²) in [5, 5.41) is 19.1. The molecule has 5 rings (SSSR count). The number of aliphatic hydroxyl groups excluding tert-OH is 1. The Morgan fingerprint density at radius 1 is 1.30 bits per heavy atom. The van der Waals surface area contributed by atoms with Gasteiger partial charge in [0.05, 0.1) is 36.3 Å². The van der Waals surface area contributed by atoms with E-state index in [9.17, 15) is 19.5 Å². The first kappa shape index (κ1) is 30.9. The number of carbonyl (C=O) groups is 3. The van der Waals surface area contributed by atoms with E-state index in [0.717, 1.165) is 5.52 Å². The van der Waals surface area contributed by atoms with Crippen molar-refractivity contribution >= 4 is 28.8 Å². The average molecular weight is 594 g/mol. The molecule has 2 amide bonds. The number of benzene rings is 1. The lowest BCUT2D eigenvalue weighted by atomic mass is 9.62. The van der Waals surface area contributed by atoms with Crippen LogP contribution in [0, 0.1) is 23.7 Å². The normalized spacial score (nSPS) is 30.7. The van der Waals surface area contributed by atoms with Crippen LogP contribution in [-0.2, 0) is 30.5 Å². The van der Waals surface area contributed by atoms with Crippen LogP contribution >= 0.6 is 0 Å². The molecule has 3 aliphatic rings. The van der Waals surface area contributed by atoms with E-state index >= 15 is 0 Å². The van der Waals surface area contributed by atoms with Crippen molar-refractivity contribution in [2.75, 3.05) is 19.8 Å². The zero-order valence-electron chi connectivity index (χ0n) is 25.5. The lowest BCUT2D eigenvalue weighted by Crippen LogP contribution is -2.60. The molecular weight excluding hydrogens is 550 g/mol. The molecule has 232 valence electrons. The van der Waals surface area contributed by atoms with Gasteiger partial charge in [-0.25, -0.2) is 4.68 Å². The smallest absolute Gasteiger partial charge is 0.312 e. The molecule has 4 heterocycles. The number of rotatable bonds is 13. The van der Waals surface area contributed by atoms with Gasteiger partial charge in [0.1, 0.15) is 29.7 Å². The Morgan fingerprint density at radius 3 is 2.72 bits per heavy atom. The fraction of sp³-hybridized carbons (Fsp3) is 0.594. The van der Waals surface area contributed by atoms with Crippen LogP contribution in [0.4, 0.5) is 0 Å². The van der Waals surface area contributed by atoms with Crippen molar-refractivity contribution in [3.8, 4) is 0 Å². The highest BCUT2D eigenvalue weighted by Gasteiger charge is 2.81. The molecule has 1 aromatic carbocycles. The van der Waals surface area contributed by atoms with Gasteiger partial charge in [-0.15, -0.1) is 18.3 Å². The van der Waals surface area contributed by atoms with Crippen LogP contribution in [0.1, 0.15) is 47.0 Å². The Morgan fingerprint density at radius 2 is 2.05 bits per heavy atom. The van der Waals surface area contributed by atoms with Gasteiger partial charge in [0, 0.05) is 6.54 Å². The lowest BCUT2D eigenvalue weighted by Gasteiger charge is -2.41. The molecule has 0 radical (unpaired) electrons. The lowest BCUT2D eigenvalue weighted by molar-refractivity contribution is -0.164. The second-order valence-corrected chi connectivity index (χ2v) is 12.4. The maximum Gasteiger partial charge on any atom is 0.312 e. The van der Waals surface area contributed by atoms with E-state index in [1.165, 1.54) is 4.90 Å². The number of nitrogens with zero attached hydrogens (tertiary/aromatic N) is 5. The number of amides is 2. The quantitative estimate of drug-likeness (QED) is 0.213. The summed E-state index contributed by atoms with van der Waals surface area (Å²) in [7, 11) is 0. The van der Waals surface area contributed by atoms with E-state index in [2.05, 4.69) is 23.5 Å². The van der Waals surface area contributed by atoms with Crippen LogP contribution in [0.5, 0.6) is 0 Å². The third kappa shape index (κ3) is 4.77. The highest BCUT2D eigenvalue weighted by Crippen LogP contribution is 2.66. The number of carbonyl (C=O) groups excluding carboxylic acids is 3. The van der Waals surface area contributed by atoms with Crippen LogP contribution in [0.2, 0.25) is 0 Å². The molecular formula is C32H43N5O6. The second kappa shape index (κ2) is 11.8. The van der Waals surface area contributed by atoms with Crippen molar-refractivity contribution in [3.63, 3.8) is 0 Å². The Hall–Kier alpha value is -3.57. The first-order valence-corrected chi connectivity index (χ1v) is 15.2. The zero-order chi connectivity index (χ0) is 31.1. The van der Waals surface area contributed by atoms with Crippen molar-refractivity contribution < 1.29 is 29.0 Å². The summed E-state index contributed by atoms with van der Waals surface area (Å²) >= 11 is 0. The van der Waals surface area contributed by atoms with E-state index in [4.69, 9.17) is 9.47 Å². The fourth-order valence-electron chi connectivity index (χ4n) is 7.55. The van der Waals surface area contributed by atoms with Crippen LogP contribution in [0.3, 0.4) is 0 Å². The Kier molecular flexibility index (Phi) is 8.50. The largest absolute Gasteiger partial charge is 0.465 e. The number of esters is 1. The molecule has 2 aromatic rings. The molecule has 1 aromatic heterocycles. The van der Waals surface area contributed by atoms with E-state index in [-0.39, 0.29) is 50.1 Å². The van der Waals surface area contributed by atoms with Gasteiger partial charge < -0.3 is 24.4 Å². The number of hydrogen-bond donors (Lipinski definition) is 1. The third-order valence-corrected chi connectivity index (χ3v) is 10.0. The van der Waals surface area contributed by atoms with Gasteiger partial charge in [-0.1, -0.05) is 56.7 Å². The fourth-order valence-corrected chi connectivity index (χ4v) is 7.55. The summed E-state index contributed by atoms with van der Waals surface area (Å²) in [6.45, 7) is 15.4. The van der Waals surface area contributed by atoms with Gasteiger partial charge >= 0.3 is 5.97 Å². The van der Waals surface area contributed by atoms with Crippen molar-refractivity contribution in [3.05, 3.63) is 49.6 Å². The molecule has 1 N–H and O–H groups in total. The van der Waals surface area contributed by atoms with Crippen molar-refractivity contribution in [1.29, 1.82) is 0 Å². The average Bonchev–Trinajstić information content (AvgIpc) is 3.66. The van der Waals surface area contributed by atoms with Gasteiger partial charge in [-0.2, -0.15) is 0 Å². The summed E-state index contributed by atoms with van der Waals surface area (Å²) < 4.78 is 14.1. The third-order valence-electron chi connectivity index (χ3n) is 10.0. The van der Waals surface area contributed by atoms with E-state index in [1.807, 2.05) is 52.0 Å². The number of fused-ring (bicyclic) bond motifs is 2. The summed E-state index contributed by atoms with van der Waals surface area (Å²) in [5.74, 6) is -3.28. The monoisotopic (exact) mass is 593 g/mol. The molecule has 3 unspecified atom stereocenters. The van der Waals surface area contributed by atoms with Crippen molar-refractivity contribution in [2.24, 2.45) is 23.7 Å². The molecule has 11 nitrogen and oxygen atoms in total. The van der Waals surface area contributed by atoms with Gasteiger partial charge in [-0.05, 0) is 43.7 Å². The molecule has 11 heteroatoms. The molecule has 0 aliphatic carbocycles. The maximum absolute atomic E-state index is 14.8. The summed E-state index contributed by atoms with van der Waals surface area (Å²) in [6, 6.07) is 5.76. The minimum atomic E-state index is -1.27. The number of aromatic nitrogens is 3. The minimum Gasteiger partial charge on any atom is -0.465 e. The van der Waals surface area contributed by atoms with Crippen LogP contribution in [0.15, 0.2) is 49.6 Å². The van der Waals surface area contributed by atoms with Crippen LogP contribution < -0.4 is 0 Å². The summed E-state index contributed by atoms with van der Waals surface area (Å²) in [4.78, 5) is 46.2. The number of aliphatic hydroxyl groups is 1. The molecule has 1 spiro atoms. The molecule has 3 saturated heterocycles. The van der Waals surface area contributed by atoms with E-state index in [1.54, 1.807) is 21.7 Å². The minimum absolute atomic E-state index is 0.0671. The number of hydrogen-bond acceptors (Lipinski definition) is 8. The number of para-hydroxylation sites is 1. The standard InChI is InChI=1S/C32H43N5O6/c1-7-10-16-42-30(41)26-25-28(39)37(24(18-38)20(4)9-3)27(32(25)17-21(5)31(26,6)43-32)29(40)35(15-8-2)19-36-23-14-12-11-13-22(23)33-34-36/h7-8,11-14,20-21,24-27,38H,1-2,9-10,15-19H2,3-6H3/t20-,21?,24-,25-,26-,27?,31+,32?/m0/s1. The maximum atomic E-state index is 14.8. The first-order valence-electron chi connectivity index (χ1n) is 15.2. The van der Waals surface area contributed by atoms with Crippen LogP contribution in [-0.4, -0.2) is 90.7 Å². The SMILES string of the molecule is C=CCCOC(=O)[C@@H]1[C@H]2C(=O)N([C@@H](CO)[C@@H](C)CC)C(C(=O)N(CC=C)Cn3nnc4ccccc43)C23CC(C)[C@@]1(C)O3. The van der Waals surface area contributed by atoms with E-state index in [0.29, 0.717) is 24.8 Å². The van der Waals surface area contributed by atoms with Crippen LogP contribution in [0.25, 0.3) is 11.0 Å². The number of ether oxygens (including phenoxy) is 2. The molecule has 2 bridgehead atoms.